The highest BCUT2D eigenvalue weighted by Gasteiger charge is 2.48. The lowest BCUT2D eigenvalue weighted by Crippen LogP contribution is -2.28. The van der Waals surface area contributed by atoms with Crippen LogP contribution in [0, 0.1) is 12.7 Å². The van der Waals surface area contributed by atoms with Crippen LogP contribution >= 0.6 is 0 Å². The Morgan fingerprint density at radius 1 is 1.09 bits per heavy atom. The van der Waals surface area contributed by atoms with Crippen molar-refractivity contribution < 1.29 is 30.2 Å². The molecule has 1 aromatic heterocycles. The van der Waals surface area contributed by atoms with Crippen molar-refractivity contribution in [2.75, 3.05) is 0 Å². The molecule has 0 atom stereocenters. The minimum atomic E-state index is -5.85. The molecule has 0 saturated carbocycles. The second-order valence-corrected chi connectivity index (χ2v) is 5.80. The van der Waals surface area contributed by atoms with Crippen LogP contribution < -0.4 is 4.18 Å². The quantitative estimate of drug-likeness (QED) is 0.490. The zero-order valence-corrected chi connectivity index (χ0v) is 11.9. The summed E-state index contributed by atoms with van der Waals surface area (Å²) in [5.41, 5.74) is -5.67. The largest absolute Gasteiger partial charge is 0.534 e. The first-order valence-electron chi connectivity index (χ1n) is 5.85. The van der Waals surface area contributed by atoms with E-state index < -0.39 is 27.2 Å². The van der Waals surface area contributed by atoms with Gasteiger partial charge in [-0.05, 0) is 31.2 Å². The molecule has 0 bridgehead atoms. The number of halogens is 4. The van der Waals surface area contributed by atoms with Crippen molar-refractivity contribution >= 4 is 10.1 Å². The van der Waals surface area contributed by atoms with E-state index in [1.807, 2.05) is 0 Å². The molecule has 0 aliphatic heterocycles. The van der Waals surface area contributed by atoms with E-state index in [4.69, 9.17) is 0 Å². The first-order valence-corrected chi connectivity index (χ1v) is 7.26. The molecule has 1 heterocycles. The van der Waals surface area contributed by atoms with E-state index in [2.05, 4.69) is 9.17 Å². The van der Waals surface area contributed by atoms with E-state index in [-0.39, 0.29) is 11.3 Å². The van der Waals surface area contributed by atoms with Gasteiger partial charge in [-0.15, -0.1) is 0 Å². The van der Waals surface area contributed by atoms with Crippen molar-refractivity contribution in [3.05, 3.63) is 47.9 Å². The zero-order chi connectivity index (χ0) is 16.5. The predicted octanol–water partition coefficient (Wildman–Crippen LogP) is 3.42. The zero-order valence-electron chi connectivity index (χ0n) is 11.1. The van der Waals surface area contributed by atoms with Crippen molar-refractivity contribution in [1.29, 1.82) is 0 Å². The van der Waals surface area contributed by atoms with Gasteiger partial charge < -0.3 is 4.18 Å². The molecule has 0 radical (unpaired) electrons. The second-order valence-electron chi connectivity index (χ2n) is 4.26. The second kappa shape index (κ2) is 5.56. The Bertz CT molecular complexity index is 803. The Kier molecular flexibility index (Phi) is 4.10. The van der Waals surface area contributed by atoms with Crippen LogP contribution in [0.2, 0.25) is 0 Å². The first kappa shape index (κ1) is 16.2. The van der Waals surface area contributed by atoms with Gasteiger partial charge in [0.2, 0.25) is 0 Å². The fourth-order valence-corrected chi connectivity index (χ4v) is 2.11. The highest BCUT2D eigenvalue weighted by molar-refractivity contribution is 7.88. The number of hydrogen-bond acceptors (Lipinski definition) is 4. The van der Waals surface area contributed by atoms with Gasteiger partial charge in [0, 0.05) is 11.3 Å². The maximum absolute atomic E-state index is 13.8. The molecule has 118 valence electrons. The standard InChI is InChI=1S/C13H9F4NO3S/c1-8-6-7-10(14)12(18-8)9-4-2-3-5-11(9)21-22(19,20)13(15,16)17/h2-7H,1H3. The molecule has 4 nitrogen and oxygen atoms in total. The maximum Gasteiger partial charge on any atom is 0.534 e. The molecule has 0 amide bonds. The Balaban J connectivity index is 2.55. The summed E-state index contributed by atoms with van der Waals surface area (Å²) in [6.07, 6.45) is 0. The fourth-order valence-electron chi connectivity index (χ4n) is 1.63. The van der Waals surface area contributed by atoms with Crippen LogP contribution in [0.15, 0.2) is 36.4 Å². The summed E-state index contributed by atoms with van der Waals surface area (Å²) >= 11 is 0. The molecule has 0 aliphatic carbocycles. The summed E-state index contributed by atoms with van der Waals surface area (Å²) in [6, 6.07) is 7.31. The Labute approximate surface area is 123 Å². The molecular weight excluding hydrogens is 326 g/mol. The highest BCUT2D eigenvalue weighted by atomic mass is 32.2. The Morgan fingerprint density at radius 3 is 2.36 bits per heavy atom. The molecule has 2 rings (SSSR count). The van der Waals surface area contributed by atoms with Crippen LogP contribution in [0.1, 0.15) is 5.69 Å². The molecule has 2 aromatic rings. The predicted molar refractivity (Wildman–Crippen MR) is 70.0 cm³/mol. The molecule has 0 unspecified atom stereocenters. The Morgan fingerprint density at radius 2 is 1.73 bits per heavy atom. The third-order valence-electron chi connectivity index (χ3n) is 2.61. The summed E-state index contributed by atoms with van der Waals surface area (Å²) in [4.78, 5) is 3.86. The SMILES string of the molecule is Cc1ccc(F)c(-c2ccccc2OS(=O)(=O)C(F)(F)F)n1. The van der Waals surface area contributed by atoms with E-state index >= 15 is 0 Å². The van der Waals surface area contributed by atoms with Gasteiger partial charge in [0.15, 0.2) is 5.75 Å². The summed E-state index contributed by atoms with van der Waals surface area (Å²) in [7, 11) is -5.85. The van der Waals surface area contributed by atoms with Gasteiger partial charge in [-0.2, -0.15) is 21.6 Å². The van der Waals surface area contributed by atoms with Gasteiger partial charge >= 0.3 is 15.6 Å². The van der Waals surface area contributed by atoms with Crippen LogP contribution in [-0.2, 0) is 10.1 Å². The summed E-state index contributed by atoms with van der Waals surface area (Å²) in [5, 5.41) is 0. The molecule has 0 aliphatic rings. The average molecular weight is 335 g/mol. The number of benzene rings is 1. The fraction of sp³-hybridized carbons (Fsp3) is 0.154. The van der Waals surface area contributed by atoms with Crippen LogP contribution in [0.25, 0.3) is 11.3 Å². The molecule has 22 heavy (non-hydrogen) atoms. The molecule has 0 N–H and O–H groups in total. The highest BCUT2D eigenvalue weighted by Crippen LogP contribution is 2.34. The Hall–Kier alpha value is -2.16. The molecule has 0 spiro atoms. The van der Waals surface area contributed by atoms with E-state index in [1.54, 1.807) is 6.92 Å². The number of alkyl halides is 3. The summed E-state index contributed by atoms with van der Waals surface area (Å²) < 4.78 is 77.3. The van der Waals surface area contributed by atoms with E-state index in [0.717, 1.165) is 12.1 Å². The van der Waals surface area contributed by atoms with Crippen molar-refractivity contribution in [3.8, 4) is 17.0 Å². The first-order chi connectivity index (χ1) is 10.1. The molecule has 0 fully saturated rings. The number of para-hydroxylation sites is 1. The van der Waals surface area contributed by atoms with Gasteiger partial charge in [-0.3, -0.25) is 0 Å². The van der Waals surface area contributed by atoms with E-state index in [9.17, 15) is 26.0 Å². The molecule has 9 heteroatoms. The third kappa shape index (κ3) is 3.19. The van der Waals surface area contributed by atoms with Crippen molar-refractivity contribution in [3.63, 3.8) is 0 Å². The number of rotatable bonds is 3. The monoisotopic (exact) mass is 335 g/mol. The van der Waals surface area contributed by atoms with E-state index in [1.165, 1.54) is 24.3 Å². The third-order valence-corrected chi connectivity index (χ3v) is 3.58. The topological polar surface area (TPSA) is 56.3 Å². The molecule has 1 aromatic carbocycles. The summed E-state index contributed by atoms with van der Waals surface area (Å²) in [6.45, 7) is 1.55. The van der Waals surface area contributed by atoms with Crippen molar-refractivity contribution in [1.82, 2.24) is 4.98 Å². The number of nitrogens with zero attached hydrogens (tertiary/aromatic N) is 1. The van der Waals surface area contributed by atoms with Crippen molar-refractivity contribution in [2.24, 2.45) is 0 Å². The minimum absolute atomic E-state index is 0.198. The van der Waals surface area contributed by atoms with Gasteiger partial charge in [0.25, 0.3) is 0 Å². The van der Waals surface area contributed by atoms with Gasteiger partial charge in [-0.1, -0.05) is 12.1 Å². The minimum Gasteiger partial charge on any atom is -0.375 e. The molecule has 0 saturated heterocycles. The van der Waals surface area contributed by atoms with Gasteiger partial charge in [0.05, 0.1) is 0 Å². The number of aryl methyl sites for hydroxylation is 1. The van der Waals surface area contributed by atoms with Crippen LogP contribution in [-0.4, -0.2) is 18.9 Å². The number of hydrogen-bond donors (Lipinski definition) is 0. The van der Waals surface area contributed by atoms with E-state index in [0.29, 0.717) is 5.69 Å². The van der Waals surface area contributed by atoms with Gasteiger partial charge in [-0.25, -0.2) is 9.37 Å². The maximum atomic E-state index is 13.8. The number of aromatic nitrogens is 1. The average Bonchev–Trinajstić information content (AvgIpc) is 2.41. The lowest BCUT2D eigenvalue weighted by atomic mass is 10.1. The summed E-state index contributed by atoms with van der Waals surface area (Å²) in [5.74, 6) is -1.47. The lowest BCUT2D eigenvalue weighted by Gasteiger charge is -2.13. The van der Waals surface area contributed by atoms with Crippen molar-refractivity contribution in [2.45, 2.75) is 12.4 Å². The smallest absolute Gasteiger partial charge is 0.375 e. The lowest BCUT2D eigenvalue weighted by molar-refractivity contribution is -0.0499. The van der Waals surface area contributed by atoms with Crippen LogP contribution in [0.3, 0.4) is 0 Å². The van der Waals surface area contributed by atoms with Crippen LogP contribution in [0.5, 0.6) is 5.75 Å². The molecular formula is C13H9F4NO3S. The normalized spacial score (nSPS) is 12.2. The number of pyridine rings is 1. The van der Waals surface area contributed by atoms with Crippen LogP contribution in [0.4, 0.5) is 17.6 Å². The van der Waals surface area contributed by atoms with Gasteiger partial charge in [0.1, 0.15) is 11.5 Å².